The molecule has 0 aliphatic rings. The van der Waals surface area contributed by atoms with Crippen LogP contribution in [0.2, 0.25) is 0 Å². The largest absolute Gasteiger partial charge is 0.480 e. The van der Waals surface area contributed by atoms with Crippen LogP contribution in [0.25, 0.3) is 0 Å². The van der Waals surface area contributed by atoms with Crippen LogP contribution in [0.5, 0.6) is 0 Å². The maximum Gasteiger partial charge on any atom is 0.333 e. The number of hydrogen-bond donors (Lipinski definition) is 2. The first-order chi connectivity index (χ1) is 8.43. The Hall–Kier alpha value is -2.16. The van der Waals surface area contributed by atoms with E-state index in [0.717, 1.165) is 0 Å². The minimum absolute atomic E-state index is 0.0873. The molecule has 1 aromatic rings. The van der Waals surface area contributed by atoms with E-state index in [-0.39, 0.29) is 24.7 Å². The normalized spacial score (nSPS) is 10.3. The van der Waals surface area contributed by atoms with E-state index in [9.17, 15) is 14.9 Å². The topological polar surface area (TPSA) is 120 Å². The van der Waals surface area contributed by atoms with Crippen molar-refractivity contribution in [3.05, 3.63) is 15.8 Å². The van der Waals surface area contributed by atoms with E-state index in [1.807, 2.05) is 0 Å². The van der Waals surface area contributed by atoms with E-state index in [4.69, 9.17) is 9.84 Å². The molecular weight excluding hydrogens is 244 g/mol. The third kappa shape index (κ3) is 3.42. The van der Waals surface area contributed by atoms with Crippen LogP contribution < -0.4 is 5.32 Å². The molecule has 0 saturated carbocycles. The van der Waals surface area contributed by atoms with Crippen molar-refractivity contribution in [2.45, 2.75) is 6.92 Å². The second kappa shape index (κ2) is 5.96. The molecule has 9 nitrogen and oxygen atoms in total. The van der Waals surface area contributed by atoms with Gasteiger partial charge < -0.3 is 15.2 Å². The van der Waals surface area contributed by atoms with Gasteiger partial charge in [0, 0.05) is 13.6 Å². The van der Waals surface area contributed by atoms with Crippen molar-refractivity contribution in [3.8, 4) is 0 Å². The summed E-state index contributed by atoms with van der Waals surface area (Å²) in [5, 5.41) is 25.9. The zero-order valence-electron chi connectivity index (χ0n) is 10.0. The second-order valence-corrected chi connectivity index (χ2v) is 3.54. The summed E-state index contributed by atoms with van der Waals surface area (Å²) in [6.45, 7) is 1.54. The fourth-order valence-corrected chi connectivity index (χ4v) is 1.46. The number of rotatable bonds is 7. The first kappa shape index (κ1) is 13.9. The number of nitrogens with one attached hydrogen (secondary N) is 1. The van der Waals surface area contributed by atoms with Gasteiger partial charge in [0.15, 0.2) is 0 Å². The molecule has 0 aliphatic carbocycles. The van der Waals surface area contributed by atoms with Gasteiger partial charge in [-0.25, -0.2) is 9.48 Å². The van der Waals surface area contributed by atoms with Gasteiger partial charge in [-0.2, -0.15) is 5.10 Å². The van der Waals surface area contributed by atoms with Crippen molar-refractivity contribution >= 4 is 17.5 Å². The van der Waals surface area contributed by atoms with Crippen LogP contribution in [0.1, 0.15) is 5.69 Å². The Labute approximate surface area is 103 Å². The molecule has 0 atom stereocenters. The smallest absolute Gasteiger partial charge is 0.333 e. The van der Waals surface area contributed by atoms with Crippen LogP contribution in [0.4, 0.5) is 11.5 Å². The molecule has 0 radical (unpaired) electrons. The number of nitrogens with zero attached hydrogens (tertiary/aromatic N) is 3. The van der Waals surface area contributed by atoms with Crippen LogP contribution in [0.15, 0.2) is 0 Å². The predicted octanol–water partition coefficient (Wildman–Crippen LogP) is 0.150. The minimum Gasteiger partial charge on any atom is -0.480 e. The maximum atomic E-state index is 10.8. The van der Waals surface area contributed by atoms with Crippen molar-refractivity contribution in [1.82, 2.24) is 9.78 Å². The van der Waals surface area contributed by atoms with Gasteiger partial charge >= 0.3 is 11.7 Å². The Morgan fingerprint density at radius 3 is 2.89 bits per heavy atom. The van der Waals surface area contributed by atoms with Gasteiger partial charge in [0.2, 0.25) is 5.82 Å². The highest BCUT2D eigenvalue weighted by atomic mass is 16.6. The molecule has 0 amide bonds. The first-order valence-corrected chi connectivity index (χ1v) is 5.15. The number of ether oxygens (including phenoxy) is 1. The van der Waals surface area contributed by atoms with Crippen LogP contribution in [-0.4, -0.2) is 45.5 Å². The number of carboxylic acids is 1. The molecule has 100 valence electrons. The lowest BCUT2D eigenvalue weighted by molar-refractivity contribution is -0.384. The fraction of sp³-hybridized carbons (Fsp3) is 0.556. The Balaban J connectivity index is 2.56. The van der Waals surface area contributed by atoms with E-state index in [1.165, 1.54) is 4.68 Å². The third-order valence-electron chi connectivity index (χ3n) is 2.14. The summed E-state index contributed by atoms with van der Waals surface area (Å²) in [7, 11) is 1.58. The number of anilines is 1. The number of carboxylic acid groups (broad SMARTS) is 1. The summed E-state index contributed by atoms with van der Waals surface area (Å²) in [6, 6.07) is 0. The molecule has 0 aromatic carbocycles. The van der Waals surface area contributed by atoms with Gasteiger partial charge in [-0.15, -0.1) is 0 Å². The minimum atomic E-state index is -1.06. The van der Waals surface area contributed by atoms with Gasteiger partial charge in [-0.1, -0.05) is 0 Å². The lowest BCUT2D eigenvalue weighted by Gasteiger charge is -2.05. The second-order valence-electron chi connectivity index (χ2n) is 3.54. The summed E-state index contributed by atoms with van der Waals surface area (Å²) >= 11 is 0. The molecule has 18 heavy (non-hydrogen) atoms. The standard InChI is InChI=1S/C9H14N4O5/c1-6-8(13(16)17)9(12(2)11-6)10-3-4-18-5-7(14)15/h10H,3-5H2,1-2H3,(H,14,15). The van der Waals surface area contributed by atoms with Crippen molar-refractivity contribution in [2.24, 2.45) is 7.05 Å². The van der Waals surface area contributed by atoms with Crippen LogP contribution in [-0.2, 0) is 16.6 Å². The summed E-state index contributed by atoms with van der Waals surface area (Å²) in [5.74, 6) is -0.784. The number of nitro groups is 1. The maximum absolute atomic E-state index is 10.8. The summed E-state index contributed by atoms with van der Waals surface area (Å²) < 4.78 is 6.17. The molecular formula is C9H14N4O5. The zero-order chi connectivity index (χ0) is 13.7. The zero-order valence-corrected chi connectivity index (χ0v) is 10.0. The number of hydrogen-bond acceptors (Lipinski definition) is 6. The van der Waals surface area contributed by atoms with E-state index in [1.54, 1.807) is 14.0 Å². The van der Waals surface area contributed by atoms with E-state index in [2.05, 4.69) is 10.4 Å². The Kier molecular flexibility index (Phi) is 4.60. The van der Waals surface area contributed by atoms with Crippen molar-refractivity contribution < 1.29 is 19.6 Å². The average Bonchev–Trinajstić information content (AvgIpc) is 2.52. The molecule has 0 bridgehead atoms. The quantitative estimate of drug-likeness (QED) is 0.405. The molecule has 1 rings (SSSR count). The van der Waals surface area contributed by atoms with Crippen molar-refractivity contribution in [3.63, 3.8) is 0 Å². The Bertz CT molecular complexity index is 456. The van der Waals surface area contributed by atoms with Crippen LogP contribution in [0, 0.1) is 17.0 Å². The van der Waals surface area contributed by atoms with E-state index in [0.29, 0.717) is 5.69 Å². The number of aromatic nitrogens is 2. The van der Waals surface area contributed by atoms with Crippen molar-refractivity contribution in [1.29, 1.82) is 0 Å². The average molecular weight is 258 g/mol. The Morgan fingerprint density at radius 1 is 1.67 bits per heavy atom. The third-order valence-corrected chi connectivity index (χ3v) is 2.14. The first-order valence-electron chi connectivity index (χ1n) is 5.15. The molecule has 1 heterocycles. The summed E-state index contributed by atoms with van der Waals surface area (Å²) in [4.78, 5) is 20.5. The molecule has 0 unspecified atom stereocenters. The van der Waals surface area contributed by atoms with Gasteiger partial charge in [0.1, 0.15) is 12.3 Å². The van der Waals surface area contributed by atoms with Crippen molar-refractivity contribution in [2.75, 3.05) is 25.1 Å². The highest BCUT2D eigenvalue weighted by molar-refractivity contribution is 5.68. The summed E-state index contributed by atoms with van der Waals surface area (Å²) in [5.41, 5.74) is 0.229. The van der Waals surface area contributed by atoms with Gasteiger partial charge in [-0.3, -0.25) is 10.1 Å². The van der Waals surface area contributed by atoms with E-state index >= 15 is 0 Å². The summed E-state index contributed by atoms with van der Waals surface area (Å²) in [6.07, 6.45) is 0. The highest BCUT2D eigenvalue weighted by Crippen LogP contribution is 2.26. The Morgan fingerprint density at radius 2 is 2.33 bits per heavy atom. The number of carbonyl (C=O) groups is 1. The van der Waals surface area contributed by atoms with Crippen LogP contribution >= 0.6 is 0 Å². The molecule has 0 spiro atoms. The molecule has 0 aliphatic heterocycles. The predicted molar refractivity (Wildman–Crippen MR) is 61.5 cm³/mol. The number of aryl methyl sites for hydroxylation is 2. The molecule has 1 aromatic heterocycles. The molecule has 2 N–H and O–H groups in total. The van der Waals surface area contributed by atoms with Gasteiger partial charge in [0.05, 0.1) is 11.5 Å². The lowest BCUT2D eigenvalue weighted by atomic mass is 10.4. The van der Waals surface area contributed by atoms with Gasteiger partial charge in [-0.05, 0) is 6.92 Å². The molecule has 0 fully saturated rings. The highest BCUT2D eigenvalue weighted by Gasteiger charge is 2.23. The SMILES string of the molecule is Cc1nn(C)c(NCCOCC(=O)O)c1[N+](=O)[O-]. The lowest BCUT2D eigenvalue weighted by Crippen LogP contribution is -2.16. The monoisotopic (exact) mass is 258 g/mol. The van der Waals surface area contributed by atoms with Gasteiger partial charge in [0.25, 0.3) is 0 Å². The molecule has 0 saturated heterocycles. The van der Waals surface area contributed by atoms with Crippen LogP contribution in [0.3, 0.4) is 0 Å². The fourth-order valence-electron chi connectivity index (χ4n) is 1.46. The van der Waals surface area contributed by atoms with E-state index < -0.39 is 17.5 Å². The number of aliphatic carboxylic acids is 1. The molecule has 9 heteroatoms.